The summed E-state index contributed by atoms with van der Waals surface area (Å²) >= 11 is 0. The molecule has 26 heavy (non-hydrogen) atoms. The monoisotopic (exact) mass is 386 g/mol. The second-order valence-corrected chi connectivity index (χ2v) is 5.20. The lowest BCUT2D eigenvalue weighted by atomic mass is 9.92. The number of aliphatic hydroxyl groups excluding tert-OH is 3. The van der Waals surface area contributed by atoms with Gasteiger partial charge in [0.25, 0.3) is 0 Å². The van der Waals surface area contributed by atoms with Gasteiger partial charge < -0.3 is 41.9 Å². The molecule has 9 N–H and O–H groups in total. The number of hydrogen-bond donors (Lipinski definition) is 7. The van der Waals surface area contributed by atoms with E-state index in [0.717, 1.165) is 6.08 Å². The second-order valence-electron chi connectivity index (χ2n) is 5.20. The maximum atomic E-state index is 12.6. The van der Waals surface area contributed by atoms with Gasteiger partial charge in [-0.15, -0.1) is 0 Å². The van der Waals surface area contributed by atoms with Gasteiger partial charge in [-0.1, -0.05) is 0 Å². The van der Waals surface area contributed by atoms with Crippen molar-refractivity contribution < 1.29 is 47.9 Å². The van der Waals surface area contributed by atoms with E-state index < -0.39 is 66.8 Å². The third-order valence-electron chi connectivity index (χ3n) is 3.29. The summed E-state index contributed by atoms with van der Waals surface area (Å²) < 4.78 is 42.5. The fourth-order valence-electron chi connectivity index (χ4n) is 2.13. The van der Waals surface area contributed by atoms with Crippen molar-refractivity contribution in [1.29, 1.82) is 0 Å². The van der Waals surface area contributed by atoms with Crippen LogP contribution >= 0.6 is 0 Å². The fraction of sp³-hybridized carbons (Fsp3) is 0.583. The molecule has 0 saturated carbocycles. The number of carboxylic acid groups (broad SMARTS) is 1. The highest BCUT2D eigenvalue weighted by Crippen LogP contribution is 2.26. The van der Waals surface area contributed by atoms with Gasteiger partial charge in [-0.3, -0.25) is 4.79 Å². The highest BCUT2D eigenvalue weighted by Gasteiger charge is 2.48. The number of halogens is 3. The molecule has 14 heteroatoms. The molecule has 1 aliphatic rings. The van der Waals surface area contributed by atoms with Gasteiger partial charge >= 0.3 is 18.1 Å². The molecule has 1 heterocycles. The van der Waals surface area contributed by atoms with Crippen LogP contribution in [-0.2, 0) is 14.3 Å². The first-order valence-corrected chi connectivity index (χ1v) is 6.93. The minimum Gasteiger partial charge on any atom is -0.478 e. The molecule has 0 bridgehead atoms. The number of carboxylic acids is 1. The van der Waals surface area contributed by atoms with Crippen LogP contribution in [0.2, 0.25) is 0 Å². The number of aliphatic carboxylic acids is 1. The molecule has 0 aromatic rings. The Morgan fingerprint density at radius 3 is 2.35 bits per heavy atom. The van der Waals surface area contributed by atoms with Gasteiger partial charge in [0, 0.05) is 0 Å². The van der Waals surface area contributed by atoms with Gasteiger partial charge in [0.15, 0.2) is 5.96 Å². The van der Waals surface area contributed by atoms with Gasteiger partial charge in [0.05, 0.1) is 18.7 Å². The normalized spacial score (nSPS) is 25.3. The van der Waals surface area contributed by atoms with Crippen LogP contribution in [0.15, 0.2) is 16.8 Å². The van der Waals surface area contributed by atoms with E-state index in [-0.39, 0.29) is 0 Å². The summed E-state index contributed by atoms with van der Waals surface area (Å²) in [6, 6.07) is -3.39. The first-order valence-electron chi connectivity index (χ1n) is 6.93. The average Bonchev–Trinajstić information content (AvgIpc) is 2.52. The van der Waals surface area contributed by atoms with Gasteiger partial charge in [-0.05, 0) is 6.08 Å². The van der Waals surface area contributed by atoms with Gasteiger partial charge in [-0.25, -0.2) is 9.79 Å². The number of alkyl halides is 3. The smallest absolute Gasteiger partial charge is 0.471 e. The first-order chi connectivity index (χ1) is 11.9. The molecule has 11 nitrogen and oxygen atoms in total. The number of guanidine groups is 1. The molecule has 1 amide bonds. The zero-order valence-electron chi connectivity index (χ0n) is 12.9. The molecular weight excluding hydrogens is 369 g/mol. The van der Waals surface area contributed by atoms with Gasteiger partial charge in [0.2, 0.25) is 5.76 Å². The molecule has 1 aliphatic heterocycles. The number of aliphatic hydroxyl groups is 3. The Bertz CT molecular complexity index is 606. The number of hydrogen-bond acceptors (Lipinski definition) is 7. The molecule has 0 aromatic carbocycles. The summed E-state index contributed by atoms with van der Waals surface area (Å²) in [5.41, 5.74) is 10.3. The maximum absolute atomic E-state index is 12.6. The van der Waals surface area contributed by atoms with E-state index in [4.69, 9.17) is 26.4 Å². The van der Waals surface area contributed by atoms with E-state index in [1.165, 1.54) is 5.32 Å². The number of amides is 1. The molecule has 0 saturated heterocycles. The third kappa shape index (κ3) is 5.21. The predicted molar refractivity (Wildman–Crippen MR) is 77.3 cm³/mol. The highest BCUT2D eigenvalue weighted by atomic mass is 19.4. The molecule has 2 unspecified atom stereocenters. The Labute approximate surface area is 143 Å². The minimum atomic E-state index is -5.32. The van der Waals surface area contributed by atoms with E-state index in [1.807, 2.05) is 0 Å². The summed E-state index contributed by atoms with van der Waals surface area (Å²) in [6.07, 6.45) is -10.5. The summed E-state index contributed by atoms with van der Waals surface area (Å²) in [5, 5.41) is 38.9. The Hall–Kier alpha value is -2.58. The molecule has 5 atom stereocenters. The van der Waals surface area contributed by atoms with E-state index in [9.17, 15) is 33.0 Å². The van der Waals surface area contributed by atoms with Crippen LogP contribution < -0.4 is 16.8 Å². The summed E-state index contributed by atoms with van der Waals surface area (Å²) in [6.45, 7) is -1.03. The number of carbonyl (C=O) groups excluding carboxylic acids is 1. The zero-order chi connectivity index (χ0) is 20.2. The van der Waals surface area contributed by atoms with Gasteiger partial charge in [-0.2, -0.15) is 13.2 Å². The zero-order valence-corrected chi connectivity index (χ0v) is 12.9. The second kappa shape index (κ2) is 8.20. The molecule has 1 rings (SSSR count). The molecule has 0 spiro atoms. The first kappa shape index (κ1) is 21.5. The minimum absolute atomic E-state index is 0.653. The maximum Gasteiger partial charge on any atom is 0.471 e. The quantitative estimate of drug-likeness (QED) is 0.181. The third-order valence-corrected chi connectivity index (χ3v) is 3.29. The largest absolute Gasteiger partial charge is 0.478 e. The number of nitrogens with two attached hydrogens (primary N) is 2. The number of aliphatic imine (C=N–C) groups is 1. The van der Waals surface area contributed by atoms with Crippen molar-refractivity contribution in [3.05, 3.63) is 11.8 Å². The van der Waals surface area contributed by atoms with Gasteiger partial charge in [0.1, 0.15) is 18.3 Å². The molecular formula is C12H17F3N4O7. The van der Waals surface area contributed by atoms with Crippen molar-refractivity contribution in [2.45, 2.75) is 36.6 Å². The summed E-state index contributed by atoms with van der Waals surface area (Å²) in [4.78, 5) is 25.9. The van der Waals surface area contributed by atoms with Crippen molar-refractivity contribution in [3.8, 4) is 0 Å². The van der Waals surface area contributed by atoms with E-state index in [1.54, 1.807) is 0 Å². The molecule has 0 radical (unpaired) electrons. The van der Waals surface area contributed by atoms with Crippen molar-refractivity contribution in [3.63, 3.8) is 0 Å². The topological polar surface area (TPSA) is 201 Å². The lowest BCUT2D eigenvalue weighted by Crippen LogP contribution is -2.61. The van der Waals surface area contributed by atoms with Crippen LogP contribution in [0, 0.1) is 0 Å². The van der Waals surface area contributed by atoms with Crippen molar-refractivity contribution in [2.75, 3.05) is 6.61 Å². The number of ether oxygens (including phenoxy) is 1. The number of nitrogens with zero attached hydrogens (tertiary/aromatic N) is 1. The lowest BCUT2D eigenvalue weighted by molar-refractivity contribution is -0.177. The Kier molecular flexibility index (Phi) is 6.77. The highest BCUT2D eigenvalue weighted by molar-refractivity contribution is 5.85. The van der Waals surface area contributed by atoms with Crippen LogP contribution in [0.25, 0.3) is 0 Å². The summed E-state index contributed by atoms with van der Waals surface area (Å²) in [5.74, 6) is -5.60. The van der Waals surface area contributed by atoms with E-state index in [0.29, 0.717) is 0 Å². The average molecular weight is 386 g/mol. The molecule has 0 fully saturated rings. The van der Waals surface area contributed by atoms with Crippen molar-refractivity contribution >= 4 is 17.8 Å². The summed E-state index contributed by atoms with van der Waals surface area (Å²) in [7, 11) is 0. The van der Waals surface area contributed by atoms with Crippen LogP contribution in [0.1, 0.15) is 0 Å². The van der Waals surface area contributed by atoms with Crippen molar-refractivity contribution in [2.24, 2.45) is 16.5 Å². The number of rotatable bonds is 6. The standard InChI is InChI=1S/C12H17F3N4O7/c13-12(14,15)10(25)19-6-3(18-11(16)17)1-5(9(23)24)26-8(6)7(22)4(21)2-20/h1,3-4,6-8,20-22H,2H2,(H,19,25)(H,23,24)(H4,16,17,18)/t3-,4?,6+,7?,8+/m0/s1. The molecule has 0 aromatic heterocycles. The lowest BCUT2D eigenvalue weighted by Gasteiger charge is -2.38. The number of carbonyl (C=O) groups is 2. The fourth-order valence-corrected chi connectivity index (χ4v) is 2.13. The van der Waals surface area contributed by atoms with E-state index in [2.05, 4.69) is 4.99 Å². The number of nitrogens with one attached hydrogen (secondary N) is 1. The van der Waals surface area contributed by atoms with Crippen LogP contribution in [-0.4, -0.2) is 81.4 Å². The predicted octanol–water partition coefficient (Wildman–Crippen LogP) is -3.24. The van der Waals surface area contributed by atoms with Crippen LogP contribution in [0.4, 0.5) is 13.2 Å². The Balaban J connectivity index is 3.36. The SMILES string of the molecule is NC(N)=N[C@H]1C=C(C(=O)O)O[C@@H](C(O)C(O)CO)[C@@H]1NC(=O)C(F)(F)F. The molecule has 0 aliphatic carbocycles. The Morgan fingerprint density at radius 2 is 1.92 bits per heavy atom. The molecule has 148 valence electrons. The van der Waals surface area contributed by atoms with Crippen LogP contribution in [0.5, 0.6) is 0 Å². The van der Waals surface area contributed by atoms with E-state index >= 15 is 0 Å². The van der Waals surface area contributed by atoms with Crippen molar-refractivity contribution in [1.82, 2.24) is 5.32 Å². The Morgan fingerprint density at radius 1 is 1.35 bits per heavy atom. The van der Waals surface area contributed by atoms with Crippen LogP contribution in [0.3, 0.4) is 0 Å².